The van der Waals surface area contributed by atoms with Crippen LogP contribution in [0.25, 0.3) is 16.8 Å². The van der Waals surface area contributed by atoms with Crippen molar-refractivity contribution < 1.29 is 4.79 Å². The summed E-state index contributed by atoms with van der Waals surface area (Å²) in [6.07, 6.45) is 5.50. The Morgan fingerprint density at radius 2 is 1.96 bits per heavy atom. The van der Waals surface area contributed by atoms with Gasteiger partial charge in [0.25, 0.3) is 5.91 Å². The quantitative estimate of drug-likeness (QED) is 0.527. The minimum absolute atomic E-state index is 0.151. The van der Waals surface area contributed by atoms with E-state index in [2.05, 4.69) is 38.9 Å². The summed E-state index contributed by atoms with van der Waals surface area (Å²) in [4.78, 5) is 16.9. The van der Waals surface area contributed by atoms with Crippen molar-refractivity contribution in [1.82, 2.24) is 24.5 Å². The van der Waals surface area contributed by atoms with Crippen molar-refractivity contribution >= 4 is 11.4 Å². The molecule has 142 valence electrons. The second kappa shape index (κ2) is 7.68. The van der Waals surface area contributed by atoms with Crippen molar-refractivity contribution in [2.24, 2.45) is 7.05 Å². The van der Waals surface area contributed by atoms with E-state index in [9.17, 15) is 4.79 Å². The molecule has 28 heavy (non-hydrogen) atoms. The molecule has 0 spiro atoms. The van der Waals surface area contributed by atoms with Crippen LogP contribution in [0.2, 0.25) is 0 Å². The largest absolute Gasteiger partial charge is 0.351 e. The van der Waals surface area contributed by atoms with E-state index in [1.54, 1.807) is 4.68 Å². The number of imidazole rings is 1. The topological polar surface area (TPSA) is 64.2 Å². The number of hydrogen-bond donors (Lipinski definition) is 1. The van der Waals surface area contributed by atoms with E-state index in [1.807, 2.05) is 55.8 Å². The molecule has 1 amide bonds. The summed E-state index contributed by atoms with van der Waals surface area (Å²) in [6, 6.07) is 16.1. The number of rotatable bonds is 6. The summed E-state index contributed by atoms with van der Waals surface area (Å²) in [7, 11) is 1.86. The van der Waals surface area contributed by atoms with Gasteiger partial charge in [0.15, 0.2) is 5.69 Å². The monoisotopic (exact) mass is 373 g/mol. The number of fused-ring (bicyclic) bond motifs is 1. The van der Waals surface area contributed by atoms with Crippen LogP contribution in [0.1, 0.15) is 28.3 Å². The first-order valence-electron chi connectivity index (χ1n) is 9.42. The minimum atomic E-state index is -0.151. The van der Waals surface area contributed by atoms with Crippen LogP contribution in [0.4, 0.5) is 0 Å². The van der Waals surface area contributed by atoms with Crippen molar-refractivity contribution in [2.45, 2.75) is 19.8 Å². The van der Waals surface area contributed by atoms with Crippen molar-refractivity contribution in [3.63, 3.8) is 0 Å². The molecule has 0 radical (unpaired) electrons. The lowest BCUT2D eigenvalue weighted by Crippen LogP contribution is -2.25. The van der Waals surface area contributed by atoms with Crippen LogP contribution in [0.15, 0.2) is 60.9 Å². The van der Waals surface area contributed by atoms with Crippen molar-refractivity contribution in [1.29, 1.82) is 0 Å². The third-order valence-corrected chi connectivity index (χ3v) is 4.84. The normalized spacial score (nSPS) is 11.1. The molecule has 4 rings (SSSR count). The number of amides is 1. The number of pyridine rings is 1. The van der Waals surface area contributed by atoms with Crippen LogP contribution in [0.3, 0.4) is 0 Å². The molecule has 0 unspecified atom stereocenters. The fourth-order valence-electron chi connectivity index (χ4n) is 3.30. The predicted molar refractivity (Wildman–Crippen MR) is 109 cm³/mol. The molecule has 0 saturated carbocycles. The number of aryl methyl sites for hydroxylation is 3. The highest BCUT2D eigenvalue weighted by molar-refractivity contribution is 5.93. The Kier molecular flexibility index (Phi) is 4.93. The Morgan fingerprint density at radius 1 is 1.14 bits per heavy atom. The van der Waals surface area contributed by atoms with Gasteiger partial charge in [0.2, 0.25) is 0 Å². The van der Waals surface area contributed by atoms with Crippen molar-refractivity contribution in [3.05, 3.63) is 78.0 Å². The second-order valence-corrected chi connectivity index (χ2v) is 6.93. The molecule has 0 fully saturated rings. The maximum atomic E-state index is 12.5. The molecule has 0 bridgehead atoms. The zero-order valence-electron chi connectivity index (χ0n) is 16.1. The highest BCUT2D eigenvalue weighted by Crippen LogP contribution is 2.20. The van der Waals surface area contributed by atoms with Gasteiger partial charge in [-0.05, 0) is 37.1 Å². The van der Waals surface area contributed by atoms with Crippen LogP contribution >= 0.6 is 0 Å². The molecule has 0 aliphatic heterocycles. The Labute approximate surface area is 163 Å². The first kappa shape index (κ1) is 18.0. The molecule has 0 atom stereocenters. The summed E-state index contributed by atoms with van der Waals surface area (Å²) < 4.78 is 3.82. The molecular weight excluding hydrogens is 350 g/mol. The van der Waals surface area contributed by atoms with Crippen LogP contribution in [-0.4, -0.2) is 31.6 Å². The van der Waals surface area contributed by atoms with Gasteiger partial charge in [0.1, 0.15) is 5.82 Å². The summed E-state index contributed by atoms with van der Waals surface area (Å²) in [5.74, 6) is 0.853. The van der Waals surface area contributed by atoms with E-state index in [-0.39, 0.29) is 5.91 Å². The van der Waals surface area contributed by atoms with Gasteiger partial charge in [-0.15, -0.1) is 0 Å². The first-order valence-corrected chi connectivity index (χ1v) is 9.42. The third kappa shape index (κ3) is 3.67. The van der Waals surface area contributed by atoms with Crippen molar-refractivity contribution in [2.75, 3.05) is 6.54 Å². The summed E-state index contributed by atoms with van der Waals surface area (Å²) >= 11 is 0. The third-order valence-electron chi connectivity index (χ3n) is 4.84. The van der Waals surface area contributed by atoms with E-state index in [0.717, 1.165) is 35.4 Å². The van der Waals surface area contributed by atoms with E-state index in [4.69, 9.17) is 0 Å². The van der Waals surface area contributed by atoms with Crippen LogP contribution < -0.4 is 5.32 Å². The summed E-state index contributed by atoms with van der Waals surface area (Å²) in [6.45, 7) is 2.63. The summed E-state index contributed by atoms with van der Waals surface area (Å²) in [5.41, 5.74) is 4.69. The highest BCUT2D eigenvalue weighted by Gasteiger charge is 2.13. The maximum Gasteiger partial charge on any atom is 0.271 e. The number of carbonyl (C=O) groups excluding carboxylic acids is 1. The van der Waals surface area contributed by atoms with Gasteiger partial charge in [-0.1, -0.05) is 35.9 Å². The molecular formula is C22H23N5O. The number of nitrogens with zero attached hydrogens (tertiary/aromatic N) is 4. The smallest absolute Gasteiger partial charge is 0.271 e. The zero-order chi connectivity index (χ0) is 19.5. The van der Waals surface area contributed by atoms with Crippen LogP contribution in [0, 0.1) is 6.92 Å². The van der Waals surface area contributed by atoms with Gasteiger partial charge in [-0.2, -0.15) is 5.10 Å². The van der Waals surface area contributed by atoms with Gasteiger partial charge in [-0.3, -0.25) is 9.48 Å². The molecule has 0 aliphatic carbocycles. The molecule has 0 saturated heterocycles. The second-order valence-electron chi connectivity index (χ2n) is 6.93. The maximum absolute atomic E-state index is 12.5. The Hall–Kier alpha value is -3.41. The predicted octanol–water partition coefficient (Wildman–Crippen LogP) is 3.41. The SMILES string of the molecule is Cc1ccc(-c2cc(C(=O)NCCCc3ncc4ccccn34)nn2C)cc1. The van der Waals surface area contributed by atoms with Gasteiger partial charge >= 0.3 is 0 Å². The molecule has 3 heterocycles. The number of nitrogens with one attached hydrogen (secondary N) is 1. The van der Waals surface area contributed by atoms with E-state index >= 15 is 0 Å². The minimum Gasteiger partial charge on any atom is -0.351 e. The number of benzene rings is 1. The number of carbonyl (C=O) groups is 1. The fourth-order valence-corrected chi connectivity index (χ4v) is 3.30. The van der Waals surface area contributed by atoms with Crippen LogP contribution in [0.5, 0.6) is 0 Å². The van der Waals surface area contributed by atoms with Gasteiger partial charge in [-0.25, -0.2) is 4.98 Å². The number of aromatic nitrogens is 4. The van der Waals surface area contributed by atoms with E-state index in [1.165, 1.54) is 5.56 Å². The standard InChI is InChI=1S/C22H23N5O/c1-16-8-10-17(11-9-16)20-14-19(25-26(20)2)22(28)23-12-5-7-21-24-15-18-6-3-4-13-27(18)21/h3-4,6,8-11,13-15H,5,7,12H2,1-2H3,(H,23,28). The molecule has 6 nitrogen and oxygen atoms in total. The van der Waals surface area contributed by atoms with Gasteiger partial charge in [0.05, 0.1) is 17.4 Å². The van der Waals surface area contributed by atoms with Crippen molar-refractivity contribution in [3.8, 4) is 11.3 Å². The lowest BCUT2D eigenvalue weighted by molar-refractivity contribution is 0.0947. The van der Waals surface area contributed by atoms with E-state index < -0.39 is 0 Å². The average Bonchev–Trinajstić information content (AvgIpc) is 3.29. The molecule has 1 aromatic carbocycles. The molecule has 1 N–H and O–H groups in total. The van der Waals surface area contributed by atoms with Gasteiger partial charge in [0, 0.05) is 26.2 Å². The fraction of sp³-hybridized carbons (Fsp3) is 0.227. The lowest BCUT2D eigenvalue weighted by Gasteiger charge is -2.03. The van der Waals surface area contributed by atoms with Crippen LogP contribution in [-0.2, 0) is 13.5 Å². The highest BCUT2D eigenvalue weighted by atomic mass is 16.1. The first-order chi connectivity index (χ1) is 13.6. The van der Waals surface area contributed by atoms with Gasteiger partial charge < -0.3 is 9.72 Å². The average molecular weight is 373 g/mol. The zero-order valence-corrected chi connectivity index (χ0v) is 16.1. The molecule has 3 aromatic heterocycles. The Bertz CT molecular complexity index is 1110. The Morgan fingerprint density at radius 3 is 2.79 bits per heavy atom. The molecule has 0 aliphatic rings. The Balaban J connectivity index is 1.35. The molecule has 4 aromatic rings. The number of hydrogen-bond acceptors (Lipinski definition) is 3. The lowest BCUT2D eigenvalue weighted by atomic mass is 10.1. The summed E-state index contributed by atoms with van der Waals surface area (Å²) in [5, 5.41) is 7.33. The van der Waals surface area contributed by atoms with E-state index in [0.29, 0.717) is 12.2 Å². The molecule has 6 heteroatoms.